The van der Waals surface area contributed by atoms with E-state index >= 15 is 0 Å². The van der Waals surface area contributed by atoms with Gasteiger partial charge in [0.15, 0.2) is 0 Å². The van der Waals surface area contributed by atoms with Gasteiger partial charge in [0.2, 0.25) is 0 Å². The Kier molecular flexibility index (Phi) is 4.57. The lowest BCUT2D eigenvalue weighted by molar-refractivity contribution is -0.268. The van der Waals surface area contributed by atoms with Gasteiger partial charge in [-0.2, -0.15) is 48.3 Å². The molecule has 0 fully saturated rings. The first-order chi connectivity index (χ1) is 8.56. The van der Waals surface area contributed by atoms with Crippen LogP contribution in [0.5, 0.6) is 0 Å². The zero-order valence-corrected chi connectivity index (χ0v) is 8.50. The van der Waals surface area contributed by atoms with Crippen LogP contribution in [0.1, 0.15) is 0 Å². The van der Waals surface area contributed by atoms with Gasteiger partial charge in [-0.3, -0.25) is 0 Å². The van der Waals surface area contributed by atoms with E-state index in [1.807, 2.05) is 0 Å². The molecule has 0 rings (SSSR count). The van der Waals surface area contributed by atoms with Crippen molar-refractivity contribution in [3.05, 3.63) is 21.7 Å². The molecule has 0 bridgehead atoms. The Hall–Kier alpha value is -1.72. The Labute approximate surface area is 101 Å². The Bertz CT molecular complexity index is 428. The van der Waals surface area contributed by atoms with Crippen LogP contribution in [-0.4, -0.2) is 24.5 Å². The van der Waals surface area contributed by atoms with E-state index in [9.17, 15) is 48.3 Å². The second kappa shape index (κ2) is 5.00. The van der Waals surface area contributed by atoms with Crippen molar-refractivity contribution < 1.29 is 48.3 Å². The van der Waals surface area contributed by atoms with E-state index in [1.54, 1.807) is 0 Å². The fourth-order valence-electron chi connectivity index (χ4n) is 0.878. The summed E-state index contributed by atoms with van der Waals surface area (Å²) in [7, 11) is 0. The van der Waals surface area contributed by atoms with Crippen molar-refractivity contribution in [3.63, 3.8) is 0 Å². The quantitative estimate of drug-likeness (QED) is 0.301. The smallest absolute Gasteiger partial charge is 0.191 e. The lowest BCUT2D eigenvalue weighted by Gasteiger charge is -2.24. The van der Waals surface area contributed by atoms with Gasteiger partial charge in [0.25, 0.3) is 0 Å². The molecule has 0 unspecified atom stereocenters. The van der Waals surface area contributed by atoms with Gasteiger partial charge in [-0.05, 0) is 5.53 Å². The minimum atomic E-state index is -6.82. The molecule has 0 atom stereocenters. The lowest BCUT2D eigenvalue weighted by atomic mass is 10.1. The predicted molar refractivity (Wildman–Crippen MR) is 39.3 cm³/mol. The standard InChI is InChI=1S/C6F11N3/c7-3(8,6(15,16)17)2(19-20-18)1(4(9,10)11)5(12,13)14. The molecule has 0 aliphatic carbocycles. The molecule has 116 valence electrons. The third-order valence-corrected chi connectivity index (χ3v) is 1.60. The van der Waals surface area contributed by atoms with Crippen molar-refractivity contribution >= 4 is 0 Å². The molecule has 0 saturated carbocycles. The summed E-state index contributed by atoms with van der Waals surface area (Å²) in [5.41, 5.74) is -0.409. The number of hydrogen-bond donors (Lipinski definition) is 0. The minimum absolute atomic E-state index is 1.15. The summed E-state index contributed by atoms with van der Waals surface area (Å²) < 4.78 is 133. The van der Waals surface area contributed by atoms with Crippen LogP contribution in [0.2, 0.25) is 0 Å². The van der Waals surface area contributed by atoms with E-state index in [4.69, 9.17) is 5.53 Å². The van der Waals surface area contributed by atoms with Crippen LogP contribution in [0.3, 0.4) is 0 Å². The van der Waals surface area contributed by atoms with Crippen LogP contribution in [0, 0.1) is 0 Å². The summed E-state index contributed by atoms with van der Waals surface area (Å²) in [5, 5.41) is 1.25. The molecule has 0 aliphatic heterocycles. The topological polar surface area (TPSA) is 48.8 Å². The number of halogens is 11. The molecule has 0 N–H and O–H groups in total. The molecule has 0 saturated heterocycles. The van der Waals surface area contributed by atoms with Crippen molar-refractivity contribution in [2.75, 3.05) is 0 Å². The second-order valence-electron chi connectivity index (χ2n) is 2.98. The fourth-order valence-corrected chi connectivity index (χ4v) is 0.878. The summed E-state index contributed by atoms with van der Waals surface area (Å²) in [6, 6.07) is 0. The minimum Gasteiger partial charge on any atom is -0.191 e. The first-order valence-electron chi connectivity index (χ1n) is 3.95. The van der Waals surface area contributed by atoms with Gasteiger partial charge in [-0.25, -0.2) is 0 Å². The molecule has 0 aromatic heterocycles. The van der Waals surface area contributed by atoms with Crippen LogP contribution >= 0.6 is 0 Å². The van der Waals surface area contributed by atoms with Crippen LogP contribution in [-0.2, 0) is 0 Å². The molecule has 14 heteroatoms. The van der Waals surface area contributed by atoms with Gasteiger partial charge in [0, 0.05) is 4.91 Å². The van der Waals surface area contributed by atoms with Crippen LogP contribution in [0.15, 0.2) is 16.4 Å². The highest BCUT2D eigenvalue weighted by Gasteiger charge is 2.65. The van der Waals surface area contributed by atoms with Gasteiger partial charge in [-0.15, -0.1) is 0 Å². The largest absolute Gasteiger partial charge is 0.457 e. The zero-order chi connectivity index (χ0) is 16.6. The van der Waals surface area contributed by atoms with E-state index in [0.29, 0.717) is 0 Å². The van der Waals surface area contributed by atoms with Crippen molar-refractivity contribution in [1.29, 1.82) is 0 Å². The molecule has 0 aromatic carbocycles. The van der Waals surface area contributed by atoms with Crippen molar-refractivity contribution in [3.8, 4) is 0 Å². The van der Waals surface area contributed by atoms with E-state index in [1.165, 1.54) is 5.11 Å². The summed E-state index contributed by atoms with van der Waals surface area (Å²) in [4.78, 5) is 1.15. The fraction of sp³-hybridized carbons (Fsp3) is 0.667. The lowest BCUT2D eigenvalue weighted by Crippen LogP contribution is -2.42. The first-order valence-corrected chi connectivity index (χ1v) is 3.95. The van der Waals surface area contributed by atoms with Crippen molar-refractivity contribution in [2.45, 2.75) is 24.5 Å². The number of rotatable bonds is 2. The predicted octanol–water partition coefficient (Wildman–Crippen LogP) is 4.87. The Morgan fingerprint density at radius 2 is 1.10 bits per heavy atom. The maximum absolute atomic E-state index is 12.6. The average molecular weight is 323 g/mol. The molecule has 3 nitrogen and oxygen atoms in total. The van der Waals surface area contributed by atoms with Gasteiger partial charge >= 0.3 is 24.5 Å². The second-order valence-corrected chi connectivity index (χ2v) is 2.98. The van der Waals surface area contributed by atoms with Crippen LogP contribution in [0.25, 0.3) is 10.4 Å². The summed E-state index contributed by atoms with van der Waals surface area (Å²) in [5.74, 6) is -6.64. The number of nitrogens with zero attached hydrogens (tertiary/aromatic N) is 3. The molecular weight excluding hydrogens is 323 g/mol. The summed E-state index contributed by atoms with van der Waals surface area (Å²) in [6.45, 7) is 0. The van der Waals surface area contributed by atoms with E-state index in [2.05, 4.69) is 0 Å². The van der Waals surface area contributed by atoms with Crippen LogP contribution in [0.4, 0.5) is 48.3 Å². The van der Waals surface area contributed by atoms with Crippen molar-refractivity contribution in [2.24, 2.45) is 5.11 Å². The number of alkyl halides is 11. The highest BCUT2D eigenvalue weighted by Crippen LogP contribution is 2.49. The summed E-state index contributed by atoms with van der Waals surface area (Å²) >= 11 is 0. The number of allylic oxidation sites excluding steroid dienone is 2. The zero-order valence-electron chi connectivity index (χ0n) is 8.50. The van der Waals surface area contributed by atoms with E-state index < -0.39 is 35.7 Å². The molecule has 0 aliphatic rings. The Morgan fingerprint density at radius 1 is 0.750 bits per heavy atom. The summed E-state index contributed by atoms with van der Waals surface area (Å²) in [6.07, 6.45) is -20.1. The average Bonchev–Trinajstić information content (AvgIpc) is 2.10. The molecule has 20 heavy (non-hydrogen) atoms. The molecular formula is C6F11N3. The Balaban J connectivity index is 6.66. The third-order valence-electron chi connectivity index (χ3n) is 1.60. The molecule has 0 amide bonds. The highest BCUT2D eigenvalue weighted by atomic mass is 19.4. The maximum Gasteiger partial charge on any atom is 0.457 e. The highest BCUT2D eigenvalue weighted by molar-refractivity contribution is 5.29. The molecule has 0 radical (unpaired) electrons. The van der Waals surface area contributed by atoms with Crippen LogP contribution < -0.4 is 0 Å². The third kappa shape index (κ3) is 3.65. The molecule has 0 heterocycles. The normalized spacial score (nSPS) is 13.8. The molecule has 0 spiro atoms. The molecule has 0 aromatic rings. The monoisotopic (exact) mass is 323 g/mol. The van der Waals surface area contributed by atoms with E-state index in [-0.39, 0.29) is 0 Å². The number of hydrogen-bond acceptors (Lipinski definition) is 1. The SMILES string of the molecule is [N-]=[N+]=NC(=C(C(F)(F)F)C(F)(F)F)C(F)(F)C(F)(F)F. The first kappa shape index (κ1) is 18.3. The van der Waals surface area contributed by atoms with E-state index in [0.717, 1.165) is 4.91 Å². The van der Waals surface area contributed by atoms with Gasteiger partial charge in [-0.1, -0.05) is 5.11 Å². The maximum atomic E-state index is 12.6. The van der Waals surface area contributed by atoms with Gasteiger partial charge in [0.05, 0.1) is 0 Å². The van der Waals surface area contributed by atoms with Crippen molar-refractivity contribution in [1.82, 2.24) is 0 Å². The van der Waals surface area contributed by atoms with Gasteiger partial charge < -0.3 is 0 Å². The Morgan fingerprint density at radius 3 is 1.30 bits per heavy atom. The number of azide groups is 1. The van der Waals surface area contributed by atoms with Gasteiger partial charge in [0.1, 0.15) is 11.3 Å².